The van der Waals surface area contributed by atoms with Gasteiger partial charge in [0.15, 0.2) is 0 Å². The Morgan fingerprint density at radius 2 is 1.80 bits per heavy atom. The van der Waals surface area contributed by atoms with E-state index < -0.39 is 6.09 Å². The van der Waals surface area contributed by atoms with Gasteiger partial charge in [0.25, 0.3) is 0 Å². The Kier molecular flexibility index (Phi) is 12.7. The molecule has 0 aromatic rings. The van der Waals surface area contributed by atoms with Crippen molar-refractivity contribution >= 4 is 6.09 Å². The van der Waals surface area contributed by atoms with Gasteiger partial charge in [-0.25, -0.2) is 4.79 Å². The van der Waals surface area contributed by atoms with Crippen LogP contribution in [0.5, 0.6) is 0 Å². The highest BCUT2D eigenvalue weighted by Crippen LogP contribution is 2.22. The molecule has 1 atom stereocenters. The van der Waals surface area contributed by atoms with Crippen LogP contribution in [0, 0.1) is 5.92 Å². The SMILES string of the molecule is CC1CCCCC1.CCC.O=C(O)NCC1CCCO1.[HH]. The Morgan fingerprint density at radius 3 is 2.15 bits per heavy atom. The molecule has 1 heterocycles. The van der Waals surface area contributed by atoms with Crippen LogP contribution in [0.25, 0.3) is 0 Å². The molecular weight excluding hydrogens is 254 g/mol. The molecular formula is C16H35NO3. The largest absolute Gasteiger partial charge is 0.465 e. The van der Waals surface area contributed by atoms with Gasteiger partial charge in [-0.1, -0.05) is 59.3 Å². The standard InChI is InChI=1S/C7H14.C6H11NO3.C3H8.H2/c1-7-5-3-2-4-6-7;8-6(9)7-4-5-2-1-3-10-5;1-3-2;/h7H,2-6H2,1H3;5,7H,1-4H2,(H,8,9);3H2,1-2H3;1H. The van der Waals surface area contributed by atoms with Crippen molar-refractivity contribution < 1.29 is 16.1 Å². The highest BCUT2D eigenvalue weighted by atomic mass is 16.5. The molecule has 2 aliphatic rings. The number of amides is 1. The highest BCUT2D eigenvalue weighted by molar-refractivity contribution is 5.64. The predicted molar refractivity (Wildman–Crippen MR) is 85.3 cm³/mol. The number of nitrogens with one attached hydrogen (secondary N) is 1. The van der Waals surface area contributed by atoms with Crippen molar-refractivity contribution in [3.05, 3.63) is 0 Å². The third-order valence-corrected chi connectivity index (χ3v) is 3.40. The summed E-state index contributed by atoms with van der Waals surface area (Å²) >= 11 is 0. The molecule has 0 bridgehead atoms. The number of rotatable bonds is 2. The number of carbonyl (C=O) groups is 1. The summed E-state index contributed by atoms with van der Waals surface area (Å²) in [7, 11) is 0. The molecule has 0 aromatic heterocycles. The van der Waals surface area contributed by atoms with E-state index in [2.05, 4.69) is 26.1 Å². The third-order valence-electron chi connectivity index (χ3n) is 3.40. The van der Waals surface area contributed by atoms with E-state index >= 15 is 0 Å². The van der Waals surface area contributed by atoms with Gasteiger partial charge in [-0.15, -0.1) is 0 Å². The van der Waals surface area contributed by atoms with E-state index in [0.717, 1.165) is 25.4 Å². The Morgan fingerprint density at radius 1 is 1.20 bits per heavy atom. The summed E-state index contributed by atoms with van der Waals surface area (Å²) in [6.07, 6.45) is 9.84. The van der Waals surface area contributed by atoms with Crippen LogP contribution >= 0.6 is 0 Å². The Hall–Kier alpha value is -0.770. The fourth-order valence-electron chi connectivity index (χ4n) is 2.31. The minimum Gasteiger partial charge on any atom is -0.465 e. The molecule has 1 saturated heterocycles. The molecule has 2 N–H and O–H groups in total. The van der Waals surface area contributed by atoms with E-state index in [0.29, 0.717) is 6.54 Å². The van der Waals surface area contributed by atoms with Crippen LogP contribution in [0.3, 0.4) is 0 Å². The minimum atomic E-state index is -0.976. The van der Waals surface area contributed by atoms with Gasteiger partial charge in [0, 0.05) is 14.6 Å². The van der Waals surface area contributed by atoms with Crippen LogP contribution in [0.15, 0.2) is 0 Å². The van der Waals surface area contributed by atoms with Gasteiger partial charge in [0.1, 0.15) is 0 Å². The van der Waals surface area contributed by atoms with Crippen molar-refractivity contribution in [2.75, 3.05) is 13.2 Å². The maximum absolute atomic E-state index is 9.99. The molecule has 1 unspecified atom stereocenters. The molecule has 122 valence electrons. The van der Waals surface area contributed by atoms with Crippen molar-refractivity contribution in [2.45, 2.75) is 78.2 Å². The Bertz CT molecular complexity index is 228. The summed E-state index contributed by atoms with van der Waals surface area (Å²) in [5.74, 6) is 1.04. The van der Waals surface area contributed by atoms with Crippen LogP contribution < -0.4 is 5.32 Å². The lowest BCUT2D eigenvalue weighted by molar-refractivity contribution is 0.108. The van der Waals surface area contributed by atoms with E-state index in [-0.39, 0.29) is 7.53 Å². The van der Waals surface area contributed by atoms with Crippen LogP contribution in [0.1, 0.15) is 73.6 Å². The summed E-state index contributed by atoms with van der Waals surface area (Å²) in [5.41, 5.74) is 0. The average molecular weight is 289 g/mol. The number of hydrogen-bond acceptors (Lipinski definition) is 2. The lowest BCUT2D eigenvalue weighted by Gasteiger charge is -2.15. The summed E-state index contributed by atoms with van der Waals surface area (Å²) in [4.78, 5) is 9.99. The van der Waals surface area contributed by atoms with E-state index in [4.69, 9.17) is 9.84 Å². The predicted octanol–water partition coefficient (Wildman–Crippen LogP) is 4.68. The second-order valence-corrected chi connectivity index (χ2v) is 5.77. The maximum Gasteiger partial charge on any atom is 0.404 e. The normalized spacial score (nSPS) is 22.1. The second-order valence-electron chi connectivity index (χ2n) is 5.77. The number of carboxylic acid groups (broad SMARTS) is 1. The molecule has 0 spiro atoms. The molecule has 2 rings (SSSR count). The zero-order valence-corrected chi connectivity index (χ0v) is 13.5. The lowest BCUT2D eigenvalue weighted by Crippen LogP contribution is -2.30. The fourth-order valence-corrected chi connectivity index (χ4v) is 2.31. The molecule has 1 saturated carbocycles. The lowest BCUT2D eigenvalue weighted by atomic mass is 9.91. The highest BCUT2D eigenvalue weighted by Gasteiger charge is 2.15. The van der Waals surface area contributed by atoms with Crippen molar-refractivity contribution in [1.82, 2.24) is 5.32 Å². The quantitative estimate of drug-likeness (QED) is 0.776. The third kappa shape index (κ3) is 12.3. The molecule has 1 aliphatic heterocycles. The van der Waals surface area contributed by atoms with Crippen LogP contribution in [-0.4, -0.2) is 30.5 Å². The maximum atomic E-state index is 9.99. The van der Waals surface area contributed by atoms with Gasteiger partial charge in [-0.3, -0.25) is 0 Å². The number of ether oxygens (including phenoxy) is 1. The molecule has 2 fully saturated rings. The topological polar surface area (TPSA) is 58.6 Å². The van der Waals surface area contributed by atoms with Crippen molar-refractivity contribution in [2.24, 2.45) is 5.92 Å². The summed E-state index contributed by atoms with van der Waals surface area (Å²) in [5, 5.41) is 10.5. The molecule has 20 heavy (non-hydrogen) atoms. The van der Waals surface area contributed by atoms with Gasteiger partial charge in [0.2, 0.25) is 0 Å². The van der Waals surface area contributed by atoms with Crippen LogP contribution in [-0.2, 0) is 4.74 Å². The second kappa shape index (κ2) is 13.2. The Labute approximate surface area is 125 Å². The van der Waals surface area contributed by atoms with E-state index in [9.17, 15) is 4.79 Å². The average Bonchev–Trinajstić information content (AvgIpc) is 2.92. The smallest absolute Gasteiger partial charge is 0.404 e. The van der Waals surface area contributed by atoms with Gasteiger partial charge < -0.3 is 15.2 Å². The van der Waals surface area contributed by atoms with Gasteiger partial charge in [-0.05, 0) is 18.8 Å². The van der Waals surface area contributed by atoms with E-state index in [1.807, 2.05) is 0 Å². The first-order valence-electron chi connectivity index (χ1n) is 8.18. The van der Waals surface area contributed by atoms with Crippen molar-refractivity contribution in [1.29, 1.82) is 0 Å². The van der Waals surface area contributed by atoms with Gasteiger partial charge in [0.05, 0.1) is 6.10 Å². The van der Waals surface area contributed by atoms with Gasteiger partial charge in [-0.2, -0.15) is 0 Å². The summed E-state index contributed by atoms with van der Waals surface area (Å²) < 4.78 is 5.18. The molecule has 1 amide bonds. The van der Waals surface area contributed by atoms with Gasteiger partial charge >= 0.3 is 6.09 Å². The monoisotopic (exact) mass is 289 g/mol. The van der Waals surface area contributed by atoms with Crippen LogP contribution in [0.4, 0.5) is 4.79 Å². The van der Waals surface area contributed by atoms with Crippen LogP contribution in [0.2, 0.25) is 0 Å². The summed E-state index contributed by atoms with van der Waals surface area (Å²) in [6, 6.07) is 0. The Balaban J connectivity index is 0. The fraction of sp³-hybridized carbons (Fsp3) is 0.938. The molecule has 4 nitrogen and oxygen atoms in total. The minimum absolute atomic E-state index is 0. The molecule has 4 heteroatoms. The number of hydrogen-bond donors (Lipinski definition) is 2. The van der Waals surface area contributed by atoms with Crippen molar-refractivity contribution in [3.63, 3.8) is 0 Å². The first kappa shape index (κ1) is 19.2. The molecule has 0 aromatic carbocycles. The van der Waals surface area contributed by atoms with E-state index in [1.165, 1.54) is 38.5 Å². The zero-order chi connectivity index (χ0) is 15.2. The first-order chi connectivity index (χ1) is 9.60. The zero-order valence-electron chi connectivity index (χ0n) is 13.5. The van der Waals surface area contributed by atoms with Crippen molar-refractivity contribution in [3.8, 4) is 0 Å². The first-order valence-corrected chi connectivity index (χ1v) is 8.18. The summed E-state index contributed by atoms with van der Waals surface area (Å²) in [6.45, 7) is 7.81. The molecule has 1 aliphatic carbocycles. The molecule has 0 radical (unpaired) electrons. The van der Waals surface area contributed by atoms with E-state index in [1.54, 1.807) is 0 Å².